The van der Waals surface area contributed by atoms with Gasteiger partial charge in [0.25, 0.3) is 0 Å². The van der Waals surface area contributed by atoms with E-state index in [4.69, 9.17) is 9.84 Å². The lowest BCUT2D eigenvalue weighted by atomic mass is 9.99. The van der Waals surface area contributed by atoms with E-state index in [0.717, 1.165) is 26.1 Å². The molecular weight excluding hydrogens is 234 g/mol. The quantitative estimate of drug-likeness (QED) is 0.786. The third-order valence-corrected chi connectivity index (χ3v) is 4.06. The zero-order valence-electron chi connectivity index (χ0n) is 10.6. The number of carboxylic acids is 1. The average Bonchev–Trinajstić information content (AvgIpc) is 2.87. The standard InChI is InChI=1S/C13H21NO4/c15-12(10-1-2-11(7-10)13(16)17)14-8-9-3-5-18-6-4-9/h9-11H,1-8H2,(H,14,15)(H,16,17)/t10-,11+/m1/s1. The van der Waals surface area contributed by atoms with E-state index in [2.05, 4.69) is 5.32 Å². The van der Waals surface area contributed by atoms with Crippen LogP contribution in [-0.4, -0.2) is 36.7 Å². The summed E-state index contributed by atoms with van der Waals surface area (Å²) >= 11 is 0. The molecule has 2 atom stereocenters. The molecule has 18 heavy (non-hydrogen) atoms. The monoisotopic (exact) mass is 255 g/mol. The Kier molecular flexibility index (Phi) is 4.58. The maximum Gasteiger partial charge on any atom is 0.306 e. The van der Waals surface area contributed by atoms with Gasteiger partial charge in [-0.25, -0.2) is 0 Å². The van der Waals surface area contributed by atoms with Crippen molar-refractivity contribution < 1.29 is 19.4 Å². The van der Waals surface area contributed by atoms with Gasteiger partial charge in [0.05, 0.1) is 5.92 Å². The lowest BCUT2D eigenvalue weighted by molar-refractivity contribution is -0.141. The highest BCUT2D eigenvalue weighted by Crippen LogP contribution is 2.31. The zero-order valence-corrected chi connectivity index (χ0v) is 10.6. The Morgan fingerprint density at radius 3 is 2.39 bits per heavy atom. The normalized spacial score (nSPS) is 29.1. The molecular formula is C13H21NO4. The predicted octanol–water partition coefficient (Wildman–Crippen LogP) is 1.03. The first-order chi connectivity index (χ1) is 8.66. The Bertz CT molecular complexity index is 312. The predicted molar refractivity (Wildman–Crippen MR) is 65.0 cm³/mol. The topological polar surface area (TPSA) is 75.6 Å². The van der Waals surface area contributed by atoms with Crippen LogP contribution in [0.2, 0.25) is 0 Å². The Balaban J connectivity index is 1.70. The minimum Gasteiger partial charge on any atom is -0.481 e. The molecule has 102 valence electrons. The van der Waals surface area contributed by atoms with Gasteiger partial charge < -0.3 is 15.2 Å². The molecule has 1 saturated carbocycles. The summed E-state index contributed by atoms with van der Waals surface area (Å²) in [6.07, 6.45) is 3.83. The number of hydrogen-bond donors (Lipinski definition) is 2. The molecule has 0 unspecified atom stereocenters. The van der Waals surface area contributed by atoms with Crippen molar-refractivity contribution in [2.45, 2.75) is 32.1 Å². The van der Waals surface area contributed by atoms with Crippen LogP contribution >= 0.6 is 0 Å². The average molecular weight is 255 g/mol. The lowest BCUT2D eigenvalue weighted by Gasteiger charge is -2.23. The van der Waals surface area contributed by atoms with Crippen LogP contribution in [0.5, 0.6) is 0 Å². The maximum absolute atomic E-state index is 11.9. The molecule has 0 aromatic carbocycles. The molecule has 1 heterocycles. The highest BCUT2D eigenvalue weighted by molar-refractivity contribution is 5.80. The van der Waals surface area contributed by atoms with Crippen molar-refractivity contribution in [2.24, 2.45) is 17.8 Å². The summed E-state index contributed by atoms with van der Waals surface area (Å²) in [6.45, 7) is 2.27. The summed E-state index contributed by atoms with van der Waals surface area (Å²) in [5.41, 5.74) is 0. The fraction of sp³-hybridized carbons (Fsp3) is 0.846. The van der Waals surface area contributed by atoms with Crippen LogP contribution in [0.1, 0.15) is 32.1 Å². The number of carbonyl (C=O) groups excluding carboxylic acids is 1. The summed E-state index contributed by atoms with van der Waals surface area (Å²) in [7, 11) is 0. The number of hydrogen-bond acceptors (Lipinski definition) is 3. The second kappa shape index (κ2) is 6.18. The molecule has 1 aliphatic heterocycles. The van der Waals surface area contributed by atoms with E-state index in [-0.39, 0.29) is 17.7 Å². The SMILES string of the molecule is O=C(O)[C@H]1CC[C@@H](C(=O)NCC2CCOCC2)C1. The Morgan fingerprint density at radius 1 is 1.11 bits per heavy atom. The van der Waals surface area contributed by atoms with Crippen LogP contribution in [0.25, 0.3) is 0 Å². The lowest BCUT2D eigenvalue weighted by Crippen LogP contribution is -2.35. The van der Waals surface area contributed by atoms with E-state index in [1.54, 1.807) is 0 Å². The van der Waals surface area contributed by atoms with Gasteiger partial charge in [0.2, 0.25) is 5.91 Å². The Morgan fingerprint density at radius 2 is 1.78 bits per heavy atom. The molecule has 1 amide bonds. The zero-order chi connectivity index (χ0) is 13.0. The van der Waals surface area contributed by atoms with Crippen molar-refractivity contribution in [1.82, 2.24) is 5.32 Å². The van der Waals surface area contributed by atoms with Crippen molar-refractivity contribution >= 4 is 11.9 Å². The number of amides is 1. The van der Waals surface area contributed by atoms with E-state index in [9.17, 15) is 9.59 Å². The van der Waals surface area contributed by atoms with Gasteiger partial charge in [-0.05, 0) is 38.0 Å². The number of rotatable bonds is 4. The van der Waals surface area contributed by atoms with Crippen LogP contribution in [0, 0.1) is 17.8 Å². The van der Waals surface area contributed by atoms with Gasteiger partial charge in [-0.1, -0.05) is 0 Å². The third-order valence-electron chi connectivity index (χ3n) is 4.06. The molecule has 0 aromatic heterocycles. The second-order valence-corrected chi connectivity index (χ2v) is 5.35. The van der Waals surface area contributed by atoms with Crippen LogP contribution in [0.3, 0.4) is 0 Å². The van der Waals surface area contributed by atoms with Gasteiger partial charge in [-0.2, -0.15) is 0 Å². The van der Waals surface area contributed by atoms with Gasteiger partial charge in [0.15, 0.2) is 0 Å². The molecule has 2 fully saturated rings. The van der Waals surface area contributed by atoms with Crippen LogP contribution in [0.4, 0.5) is 0 Å². The van der Waals surface area contributed by atoms with Gasteiger partial charge in [-0.15, -0.1) is 0 Å². The molecule has 0 radical (unpaired) electrons. The molecule has 2 N–H and O–H groups in total. The highest BCUT2D eigenvalue weighted by Gasteiger charge is 2.33. The first-order valence-corrected chi connectivity index (χ1v) is 6.75. The Labute approximate surface area is 107 Å². The summed E-state index contributed by atoms with van der Waals surface area (Å²) < 4.78 is 5.27. The van der Waals surface area contributed by atoms with Crippen molar-refractivity contribution in [3.8, 4) is 0 Å². The van der Waals surface area contributed by atoms with E-state index >= 15 is 0 Å². The minimum absolute atomic E-state index is 0.0326. The van der Waals surface area contributed by atoms with Crippen molar-refractivity contribution in [3.05, 3.63) is 0 Å². The van der Waals surface area contributed by atoms with Gasteiger partial charge in [0, 0.05) is 25.7 Å². The number of carbonyl (C=O) groups is 2. The maximum atomic E-state index is 11.9. The van der Waals surface area contributed by atoms with Crippen molar-refractivity contribution in [2.75, 3.05) is 19.8 Å². The number of aliphatic carboxylic acids is 1. The molecule has 0 spiro atoms. The molecule has 5 nitrogen and oxygen atoms in total. The Hall–Kier alpha value is -1.10. The number of carboxylic acid groups (broad SMARTS) is 1. The van der Waals surface area contributed by atoms with E-state index in [0.29, 0.717) is 31.7 Å². The van der Waals surface area contributed by atoms with E-state index in [1.165, 1.54) is 0 Å². The largest absolute Gasteiger partial charge is 0.481 e. The van der Waals surface area contributed by atoms with Crippen molar-refractivity contribution in [1.29, 1.82) is 0 Å². The first kappa shape index (κ1) is 13.3. The number of nitrogens with one attached hydrogen (secondary N) is 1. The van der Waals surface area contributed by atoms with Gasteiger partial charge in [0.1, 0.15) is 0 Å². The molecule has 1 saturated heterocycles. The molecule has 1 aliphatic carbocycles. The van der Waals surface area contributed by atoms with Crippen molar-refractivity contribution in [3.63, 3.8) is 0 Å². The summed E-state index contributed by atoms with van der Waals surface area (Å²) in [6, 6.07) is 0. The second-order valence-electron chi connectivity index (χ2n) is 5.35. The minimum atomic E-state index is -0.769. The van der Waals surface area contributed by atoms with E-state index in [1.807, 2.05) is 0 Å². The summed E-state index contributed by atoms with van der Waals surface area (Å²) in [5.74, 6) is -0.658. The van der Waals surface area contributed by atoms with Crippen LogP contribution in [-0.2, 0) is 14.3 Å². The number of ether oxygens (including phenoxy) is 1. The smallest absolute Gasteiger partial charge is 0.306 e. The molecule has 0 aromatic rings. The summed E-state index contributed by atoms with van der Waals surface area (Å²) in [4.78, 5) is 22.8. The van der Waals surface area contributed by atoms with E-state index < -0.39 is 5.97 Å². The molecule has 2 rings (SSSR count). The fourth-order valence-electron chi connectivity index (χ4n) is 2.78. The highest BCUT2D eigenvalue weighted by atomic mass is 16.5. The molecule has 2 aliphatic rings. The van der Waals surface area contributed by atoms with Gasteiger partial charge >= 0.3 is 5.97 Å². The molecule has 0 bridgehead atoms. The van der Waals surface area contributed by atoms with Gasteiger partial charge in [-0.3, -0.25) is 9.59 Å². The van der Waals surface area contributed by atoms with Crippen LogP contribution < -0.4 is 5.32 Å². The first-order valence-electron chi connectivity index (χ1n) is 6.75. The third kappa shape index (κ3) is 3.45. The summed E-state index contributed by atoms with van der Waals surface area (Å²) in [5, 5.41) is 11.9. The molecule has 5 heteroatoms. The fourth-order valence-corrected chi connectivity index (χ4v) is 2.78. The van der Waals surface area contributed by atoms with Crippen LogP contribution in [0.15, 0.2) is 0 Å².